The van der Waals surface area contributed by atoms with Gasteiger partial charge in [0.1, 0.15) is 11.5 Å². The number of nitrogens with one attached hydrogen (secondary N) is 1. The van der Waals surface area contributed by atoms with Gasteiger partial charge in [0, 0.05) is 11.1 Å². The van der Waals surface area contributed by atoms with E-state index in [1.807, 2.05) is 12.1 Å². The normalized spacial score (nSPS) is 11.5. The Bertz CT molecular complexity index is 744. The van der Waals surface area contributed by atoms with Crippen LogP contribution in [0, 0.1) is 0 Å². The van der Waals surface area contributed by atoms with Crippen LogP contribution in [0.4, 0.5) is 0 Å². The van der Waals surface area contributed by atoms with E-state index in [2.05, 4.69) is 31.3 Å². The first-order valence-corrected chi connectivity index (χ1v) is 7.62. The number of carbonyl (C=O) groups is 1. The Labute approximate surface area is 142 Å². The van der Waals surface area contributed by atoms with Gasteiger partial charge in [-0.1, -0.05) is 26.8 Å². The van der Waals surface area contributed by atoms with Crippen molar-refractivity contribution in [3.8, 4) is 11.5 Å². The van der Waals surface area contributed by atoms with Crippen LogP contribution < -0.4 is 10.2 Å². The van der Waals surface area contributed by atoms with E-state index in [-0.39, 0.29) is 17.1 Å². The first-order chi connectivity index (χ1) is 11.3. The zero-order chi connectivity index (χ0) is 17.7. The highest BCUT2D eigenvalue weighted by molar-refractivity contribution is 5.95. The molecule has 0 saturated heterocycles. The van der Waals surface area contributed by atoms with E-state index in [9.17, 15) is 9.90 Å². The molecular formula is C19H22N2O3. The molecule has 0 saturated carbocycles. The van der Waals surface area contributed by atoms with Crippen molar-refractivity contribution in [1.82, 2.24) is 5.43 Å². The summed E-state index contributed by atoms with van der Waals surface area (Å²) in [5, 5.41) is 13.9. The summed E-state index contributed by atoms with van der Waals surface area (Å²) in [6.07, 6.45) is 1.44. The maximum atomic E-state index is 12.0. The topological polar surface area (TPSA) is 70.9 Å². The number of aromatic hydroxyl groups is 1. The summed E-state index contributed by atoms with van der Waals surface area (Å²) in [5.74, 6) is 0.463. The van der Waals surface area contributed by atoms with Gasteiger partial charge in [0.05, 0.1) is 13.3 Å². The molecule has 0 aromatic heterocycles. The number of hydrogen-bond acceptors (Lipinski definition) is 4. The molecule has 0 bridgehead atoms. The van der Waals surface area contributed by atoms with E-state index in [1.54, 1.807) is 37.4 Å². The number of hydrogen-bond donors (Lipinski definition) is 2. The summed E-state index contributed by atoms with van der Waals surface area (Å²) in [6.45, 7) is 6.27. The Hall–Kier alpha value is -2.82. The van der Waals surface area contributed by atoms with Crippen molar-refractivity contribution < 1.29 is 14.6 Å². The average molecular weight is 326 g/mol. The fourth-order valence-electron chi connectivity index (χ4n) is 2.09. The fraction of sp³-hybridized carbons (Fsp3) is 0.263. The molecule has 1 amide bonds. The molecule has 5 heteroatoms. The first kappa shape index (κ1) is 17.5. The third-order valence-corrected chi connectivity index (χ3v) is 3.62. The molecule has 0 spiro atoms. The van der Waals surface area contributed by atoms with E-state index in [1.165, 1.54) is 6.21 Å². The molecule has 0 aliphatic heterocycles. The SMILES string of the molecule is COc1ccc(C(=O)N/N=C/c2cc(C(C)(C)C)ccc2O)cc1. The van der Waals surface area contributed by atoms with Crippen LogP contribution in [0.25, 0.3) is 0 Å². The number of benzene rings is 2. The van der Waals surface area contributed by atoms with Crippen LogP contribution in [0.2, 0.25) is 0 Å². The third kappa shape index (κ3) is 4.35. The maximum absolute atomic E-state index is 12.0. The Morgan fingerprint density at radius 1 is 1.17 bits per heavy atom. The molecular weight excluding hydrogens is 304 g/mol. The van der Waals surface area contributed by atoms with Crippen LogP contribution in [0.5, 0.6) is 11.5 Å². The second kappa shape index (κ2) is 7.17. The molecule has 0 fully saturated rings. The number of methoxy groups -OCH3 is 1. The fourth-order valence-corrected chi connectivity index (χ4v) is 2.09. The van der Waals surface area contributed by atoms with Gasteiger partial charge in [-0.15, -0.1) is 0 Å². The summed E-state index contributed by atoms with van der Waals surface area (Å²) < 4.78 is 5.05. The standard InChI is InChI=1S/C19H22N2O3/c1-19(2,3)15-7-10-17(22)14(11-15)12-20-21-18(23)13-5-8-16(24-4)9-6-13/h5-12,22H,1-4H3,(H,21,23)/b20-12+. The molecule has 0 radical (unpaired) electrons. The predicted octanol–water partition coefficient (Wildman–Crippen LogP) is 3.46. The molecule has 0 heterocycles. The lowest BCUT2D eigenvalue weighted by Gasteiger charge is -2.19. The highest BCUT2D eigenvalue weighted by Gasteiger charge is 2.14. The van der Waals surface area contributed by atoms with Gasteiger partial charge in [0.15, 0.2) is 0 Å². The minimum absolute atomic E-state index is 0.0391. The number of phenolic OH excluding ortho intramolecular Hbond substituents is 1. The summed E-state index contributed by atoms with van der Waals surface area (Å²) in [6, 6.07) is 12.1. The molecule has 24 heavy (non-hydrogen) atoms. The van der Waals surface area contributed by atoms with Gasteiger partial charge in [0.2, 0.25) is 0 Å². The average Bonchev–Trinajstić information content (AvgIpc) is 2.55. The molecule has 2 aromatic carbocycles. The van der Waals surface area contributed by atoms with E-state index in [4.69, 9.17) is 4.74 Å². The van der Waals surface area contributed by atoms with Gasteiger partial charge in [-0.25, -0.2) is 5.43 Å². The molecule has 5 nitrogen and oxygen atoms in total. The van der Waals surface area contributed by atoms with Crippen LogP contribution >= 0.6 is 0 Å². The summed E-state index contributed by atoms with van der Waals surface area (Å²) in [5.41, 5.74) is 4.51. The summed E-state index contributed by atoms with van der Waals surface area (Å²) in [4.78, 5) is 12.0. The molecule has 2 rings (SSSR count). The largest absolute Gasteiger partial charge is 0.507 e. The molecule has 0 atom stereocenters. The van der Waals surface area contributed by atoms with Gasteiger partial charge in [-0.05, 0) is 47.4 Å². The zero-order valence-corrected chi connectivity index (χ0v) is 14.3. The van der Waals surface area contributed by atoms with Gasteiger partial charge in [-0.3, -0.25) is 4.79 Å². The number of nitrogens with zero attached hydrogens (tertiary/aromatic N) is 1. The molecule has 2 aromatic rings. The number of amides is 1. The lowest BCUT2D eigenvalue weighted by atomic mass is 9.86. The molecule has 0 aliphatic carbocycles. The lowest BCUT2D eigenvalue weighted by molar-refractivity contribution is 0.0955. The lowest BCUT2D eigenvalue weighted by Crippen LogP contribution is -2.17. The number of phenols is 1. The van der Waals surface area contributed by atoms with E-state index >= 15 is 0 Å². The quantitative estimate of drug-likeness (QED) is 0.667. The van der Waals surface area contributed by atoms with Gasteiger partial charge < -0.3 is 9.84 Å². The number of carbonyl (C=O) groups excluding carboxylic acids is 1. The zero-order valence-electron chi connectivity index (χ0n) is 14.3. The van der Waals surface area contributed by atoms with Crippen molar-refractivity contribution >= 4 is 12.1 Å². The van der Waals surface area contributed by atoms with Crippen LogP contribution in [-0.4, -0.2) is 24.3 Å². The van der Waals surface area contributed by atoms with Crippen molar-refractivity contribution in [3.05, 3.63) is 59.2 Å². The highest BCUT2D eigenvalue weighted by atomic mass is 16.5. The van der Waals surface area contributed by atoms with Crippen molar-refractivity contribution in [2.24, 2.45) is 5.10 Å². The third-order valence-electron chi connectivity index (χ3n) is 3.62. The number of hydrazone groups is 1. The van der Waals surface area contributed by atoms with Crippen molar-refractivity contribution in [3.63, 3.8) is 0 Å². The molecule has 2 N–H and O–H groups in total. The van der Waals surface area contributed by atoms with Crippen LogP contribution in [0.3, 0.4) is 0 Å². The predicted molar refractivity (Wildman–Crippen MR) is 94.9 cm³/mol. The second-order valence-corrected chi connectivity index (χ2v) is 6.45. The Balaban J connectivity index is 2.09. The van der Waals surface area contributed by atoms with E-state index < -0.39 is 0 Å². The number of ether oxygens (including phenoxy) is 1. The summed E-state index contributed by atoms with van der Waals surface area (Å²) >= 11 is 0. The highest BCUT2D eigenvalue weighted by Crippen LogP contribution is 2.26. The maximum Gasteiger partial charge on any atom is 0.271 e. The van der Waals surface area contributed by atoms with E-state index in [0.717, 1.165) is 5.56 Å². The minimum atomic E-state index is -0.333. The molecule has 0 unspecified atom stereocenters. The minimum Gasteiger partial charge on any atom is -0.507 e. The Kier molecular flexibility index (Phi) is 5.24. The molecule has 126 valence electrons. The van der Waals surface area contributed by atoms with Crippen molar-refractivity contribution in [1.29, 1.82) is 0 Å². The van der Waals surface area contributed by atoms with E-state index in [0.29, 0.717) is 16.9 Å². The van der Waals surface area contributed by atoms with Gasteiger partial charge in [-0.2, -0.15) is 5.10 Å². The Morgan fingerprint density at radius 3 is 2.42 bits per heavy atom. The smallest absolute Gasteiger partial charge is 0.271 e. The summed E-state index contributed by atoms with van der Waals surface area (Å²) in [7, 11) is 1.57. The first-order valence-electron chi connectivity index (χ1n) is 7.62. The van der Waals surface area contributed by atoms with Crippen LogP contribution in [-0.2, 0) is 5.41 Å². The van der Waals surface area contributed by atoms with Crippen molar-refractivity contribution in [2.75, 3.05) is 7.11 Å². The van der Waals surface area contributed by atoms with Crippen LogP contribution in [0.15, 0.2) is 47.6 Å². The monoisotopic (exact) mass is 326 g/mol. The molecule has 0 aliphatic rings. The Morgan fingerprint density at radius 2 is 1.83 bits per heavy atom. The van der Waals surface area contributed by atoms with Gasteiger partial charge >= 0.3 is 0 Å². The van der Waals surface area contributed by atoms with Crippen LogP contribution in [0.1, 0.15) is 42.3 Å². The van der Waals surface area contributed by atoms with Crippen molar-refractivity contribution in [2.45, 2.75) is 26.2 Å². The van der Waals surface area contributed by atoms with Gasteiger partial charge in [0.25, 0.3) is 5.91 Å². The number of rotatable bonds is 4. The second-order valence-electron chi connectivity index (χ2n) is 6.45.